The maximum absolute atomic E-state index is 12.3. The molecule has 0 spiro atoms. The molecule has 1 heterocycles. The Morgan fingerprint density at radius 3 is 2.60 bits per heavy atom. The van der Waals surface area contributed by atoms with Gasteiger partial charge in [-0.1, -0.05) is 0 Å². The Labute approximate surface area is 145 Å². The Kier molecular flexibility index (Phi) is 5.31. The third-order valence-electron chi connectivity index (χ3n) is 3.80. The molecule has 0 aliphatic carbocycles. The number of aliphatic carboxylic acids is 1. The van der Waals surface area contributed by atoms with E-state index in [1.54, 1.807) is 25.3 Å². The molecule has 8 heteroatoms. The Bertz CT molecular complexity index is 782. The number of hydrogen-bond acceptors (Lipinski definition) is 5. The fraction of sp³-hybridized carbons (Fsp3) is 0.353. The van der Waals surface area contributed by atoms with Crippen LogP contribution in [-0.2, 0) is 21.5 Å². The lowest BCUT2D eigenvalue weighted by Gasteiger charge is -2.19. The molecule has 0 aliphatic rings. The van der Waals surface area contributed by atoms with Gasteiger partial charge in [0, 0.05) is 11.8 Å². The molecule has 2 aromatic rings. The number of carboxylic acid groups (broad SMARTS) is 1. The third-order valence-corrected chi connectivity index (χ3v) is 3.80. The molecule has 2 N–H and O–H groups in total. The van der Waals surface area contributed by atoms with E-state index in [9.17, 15) is 14.7 Å². The molecule has 0 bridgehead atoms. The zero-order chi connectivity index (χ0) is 18.6. The van der Waals surface area contributed by atoms with Crippen molar-refractivity contribution in [1.82, 2.24) is 9.78 Å². The first kappa shape index (κ1) is 18.3. The molecule has 1 aromatic carbocycles. The van der Waals surface area contributed by atoms with Crippen LogP contribution in [0.2, 0.25) is 0 Å². The highest BCUT2D eigenvalue weighted by atomic mass is 16.5. The molecule has 0 atom stereocenters. The number of ether oxygens (including phenoxy) is 2. The molecule has 25 heavy (non-hydrogen) atoms. The number of nitrogens with one attached hydrogen (secondary N) is 1. The van der Waals surface area contributed by atoms with E-state index < -0.39 is 11.5 Å². The highest BCUT2D eigenvalue weighted by molar-refractivity contribution is 5.92. The normalized spacial score (nSPS) is 11.0. The van der Waals surface area contributed by atoms with Gasteiger partial charge < -0.3 is 19.9 Å². The average Bonchev–Trinajstić information content (AvgIpc) is 3.03. The van der Waals surface area contributed by atoms with Crippen LogP contribution in [0.1, 0.15) is 19.4 Å². The summed E-state index contributed by atoms with van der Waals surface area (Å²) in [5.74, 6) is -0.0906. The minimum Gasteiger partial charge on any atom is -0.497 e. The number of rotatable bonds is 7. The van der Waals surface area contributed by atoms with Crippen LogP contribution in [0.25, 0.3) is 0 Å². The number of methoxy groups -OCH3 is 2. The lowest BCUT2D eigenvalue weighted by molar-refractivity contribution is -0.146. The van der Waals surface area contributed by atoms with Crippen molar-refractivity contribution in [3.63, 3.8) is 0 Å². The van der Waals surface area contributed by atoms with Crippen molar-refractivity contribution in [2.75, 3.05) is 19.5 Å². The van der Waals surface area contributed by atoms with Crippen LogP contribution >= 0.6 is 0 Å². The zero-order valence-corrected chi connectivity index (χ0v) is 14.6. The number of hydrogen-bond donors (Lipinski definition) is 2. The Morgan fingerprint density at radius 1 is 1.28 bits per heavy atom. The number of carboxylic acids is 1. The minimum atomic E-state index is -1.21. The molecule has 0 fully saturated rings. The quantitative estimate of drug-likeness (QED) is 0.793. The molecular formula is C17H21N3O5. The topological polar surface area (TPSA) is 103 Å². The van der Waals surface area contributed by atoms with Crippen molar-refractivity contribution in [1.29, 1.82) is 0 Å². The maximum atomic E-state index is 12.3. The molecular weight excluding hydrogens is 326 g/mol. The summed E-state index contributed by atoms with van der Waals surface area (Å²) in [7, 11) is 3.07. The smallest absolute Gasteiger partial charge is 0.331 e. The molecule has 0 saturated carbocycles. The zero-order valence-electron chi connectivity index (χ0n) is 14.6. The molecule has 8 nitrogen and oxygen atoms in total. The second-order valence-electron chi connectivity index (χ2n) is 5.94. The fourth-order valence-corrected chi connectivity index (χ4v) is 2.19. The largest absolute Gasteiger partial charge is 0.497 e. The van der Waals surface area contributed by atoms with Gasteiger partial charge in [0.1, 0.15) is 11.5 Å². The van der Waals surface area contributed by atoms with Gasteiger partial charge in [0.2, 0.25) is 5.91 Å². The first-order valence-corrected chi connectivity index (χ1v) is 7.57. The van der Waals surface area contributed by atoms with Crippen LogP contribution < -0.4 is 14.8 Å². The molecule has 2 rings (SSSR count). The monoisotopic (exact) mass is 347 g/mol. The number of amides is 1. The number of benzene rings is 1. The second-order valence-corrected chi connectivity index (χ2v) is 5.94. The third kappa shape index (κ3) is 4.09. The van der Waals surface area contributed by atoms with Gasteiger partial charge in [-0.15, -0.1) is 0 Å². The minimum absolute atomic E-state index is 0.0773. The highest BCUT2D eigenvalue weighted by Crippen LogP contribution is 2.25. The number of carbonyl (C=O) groups is 2. The highest BCUT2D eigenvalue weighted by Gasteiger charge is 2.30. The lowest BCUT2D eigenvalue weighted by atomic mass is 10.1. The van der Waals surface area contributed by atoms with E-state index in [2.05, 4.69) is 10.4 Å². The first-order valence-electron chi connectivity index (χ1n) is 7.57. The maximum Gasteiger partial charge on any atom is 0.331 e. The number of anilines is 1. The predicted octanol–water partition coefficient (Wildman–Crippen LogP) is 1.90. The standard InChI is InChI=1S/C17H21N3O5/c1-17(2,16(22)23)20-10-12(9-18-20)19-15(21)8-11-7-13(24-3)5-6-14(11)25-4/h5-7,9-10H,8H2,1-4H3,(H,19,21)(H,22,23). The van der Waals surface area contributed by atoms with E-state index in [1.807, 2.05) is 0 Å². The molecule has 134 valence electrons. The van der Waals surface area contributed by atoms with E-state index >= 15 is 0 Å². The van der Waals surface area contributed by atoms with Crippen LogP contribution in [0.5, 0.6) is 11.5 Å². The molecule has 1 aromatic heterocycles. The summed E-state index contributed by atoms with van der Waals surface area (Å²) in [5, 5.41) is 15.9. The van der Waals surface area contributed by atoms with Gasteiger partial charge in [0.15, 0.2) is 5.54 Å². The van der Waals surface area contributed by atoms with E-state index in [1.165, 1.54) is 38.0 Å². The van der Waals surface area contributed by atoms with E-state index in [0.717, 1.165) is 0 Å². The summed E-state index contributed by atoms with van der Waals surface area (Å²) >= 11 is 0. The number of nitrogens with zero attached hydrogens (tertiary/aromatic N) is 2. The fourth-order valence-electron chi connectivity index (χ4n) is 2.19. The summed E-state index contributed by atoms with van der Waals surface area (Å²) in [6.07, 6.45) is 2.97. The Balaban J connectivity index is 2.11. The predicted molar refractivity (Wildman–Crippen MR) is 91.1 cm³/mol. The van der Waals surface area contributed by atoms with Gasteiger partial charge in [-0.3, -0.25) is 9.48 Å². The van der Waals surface area contributed by atoms with Crippen molar-refractivity contribution in [3.05, 3.63) is 36.2 Å². The lowest BCUT2D eigenvalue weighted by Crippen LogP contribution is -2.35. The SMILES string of the molecule is COc1ccc(OC)c(CC(=O)Nc2cnn(C(C)(C)C(=O)O)c2)c1. The van der Waals surface area contributed by atoms with Crippen molar-refractivity contribution in [2.45, 2.75) is 25.8 Å². The summed E-state index contributed by atoms with van der Waals surface area (Å²) in [5.41, 5.74) is -0.113. The molecule has 0 unspecified atom stereocenters. The first-order chi connectivity index (χ1) is 11.8. The summed E-state index contributed by atoms with van der Waals surface area (Å²) in [6.45, 7) is 3.05. The van der Waals surface area contributed by atoms with Gasteiger partial charge in [-0.25, -0.2) is 4.79 Å². The Hall–Kier alpha value is -3.03. The summed E-state index contributed by atoms with van der Waals surface area (Å²) < 4.78 is 11.7. The van der Waals surface area contributed by atoms with Crippen LogP contribution in [0, 0.1) is 0 Å². The molecule has 0 saturated heterocycles. The van der Waals surface area contributed by atoms with E-state index in [4.69, 9.17) is 9.47 Å². The van der Waals surface area contributed by atoms with Gasteiger partial charge in [0.05, 0.1) is 32.5 Å². The number of carbonyl (C=O) groups excluding carboxylic acids is 1. The second kappa shape index (κ2) is 7.25. The van der Waals surface area contributed by atoms with Crippen LogP contribution in [0.3, 0.4) is 0 Å². The average molecular weight is 347 g/mol. The number of aromatic nitrogens is 2. The van der Waals surface area contributed by atoms with Crippen LogP contribution in [0.15, 0.2) is 30.6 Å². The van der Waals surface area contributed by atoms with Crippen molar-refractivity contribution < 1.29 is 24.2 Å². The van der Waals surface area contributed by atoms with Crippen molar-refractivity contribution >= 4 is 17.6 Å². The summed E-state index contributed by atoms with van der Waals surface area (Å²) in [6, 6.07) is 5.21. The van der Waals surface area contributed by atoms with Crippen LogP contribution in [0.4, 0.5) is 5.69 Å². The molecule has 1 amide bonds. The van der Waals surface area contributed by atoms with E-state index in [-0.39, 0.29) is 12.3 Å². The van der Waals surface area contributed by atoms with Crippen molar-refractivity contribution in [3.8, 4) is 11.5 Å². The molecule has 0 radical (unpaired) electrons. The van der Waals surface area contributed by atoms with Crippen molar-refractivity contribution in [2.24, 2.45) is 0 Å². The summed E-state index contributed by atoms with van der Waals surface area (Å²) in [4.78, 5) is 23.5. The Morgan fingerprint density at radius 2 is 2.00 bits per heavy atom. The van der Waals surface area contributed by atoms with Gasteiger partial charge >= 0.3 is 5.97 Å². The van der Waals surface area contributed by atoms with Crippen LogP contribution in [-0.4, -0.2) is 41.0 Å². The van der Waals surface area contributed by atoms with Gasteiger partial charge in [-0.05, 0) is 32.0 Å². The van der Waals surface area contributed by atoms with Gasteiger partial charge in [0.25, 0.3) is 0 Å². The van der Waals surface area contributed by atoms with Gasteiger partial charge in [-0.2, -0.15) is 5.10 Å². The van der Waals surface area contributed by atoms with E-state index in [0.29, 0.717) is 22.7 Å². The molecule has 0 aliphatic heterocycles.